The van der Waals surface area contributed by atoms with Crippen molar-refractivity contribution in [2.75, 3.05) is 33.4 Å². The maximum absolute atomic E-state index is 8.62. The largest absolute Gasteiger partial charge is 0.292 e. The van der Waals surface area contributed by atoms with E-state index < -0.39 is 20.1 Å². The lowest BCUT2D eigenvalue weighted by atomic mass is 10.2. The molecule has 1 fully saturated rings. The van der Waals surface area contributed by atoms with E-state index in [1.165, 1.54) is 45.6 Å². The van der Waals surface area contributed by atoms with Gasteiger partial charge in [0.05, 0.1) is 6.67 Å². The first-order valence-electron chi connectivity index (χ1n) is 5.35. The Labute approximate surface area is 103 Å². The fraction of sp³-hybridized carbons (Fsp3) is 1.00. The van der Waals surface area contributed by atoms with E-state index in [2.05, 4.69) is 23.8 Å². The van der Waals surface area contributed by atoms with Crippen molar-refractivity contribution >= 4 is 0 Å². The van der Waals surface area contributed by atoms with Crippen LogP contribution in [-0.4, -0.2) is 43.2 Å². The molecule has 0 bridgehead atoms. The molecule has 0 amide bonds. The Morgan fingerprint density at radius 3 is 2.00 bits per heavy atom. The minimum atomic E-state index is -5.94. The summed E-state index contributed by atoms with van der Waals surface area (Å²) in [5.41, 5.74) is 0. The molecule has 0 aromatic heterocycles. The zero-order valence-corrected chi connectivity index (χ0v) is 12.0. The second-order valence-corrected chi connectivity index (χ2v) is 6.08. The van der Waals surface area contributed by atoms with E-state index in [1.807, 2.05) is 0 Å². The molecule has 0 saturated carbocycles. The van der Waals surface area contributed by atoms with E-state index in [0.717, 1.165) is 0 Å². The molecular weight excluding hydrogens is 327 g/mol. The van der Waals surface area contributed by atoms with Gasteiger partial charge in [-0.15, -0.1) is 0 Å². The molecule has 0 spiro atoms. The Balaban J connectivity index is 0.000000385. The summed E-state index contributed by atoms with van der Waals surface area (Å²) in [4.78, 5) is 4.92. The van der Waals surface area contributed by atoms with Gasteiger partial charge in [-0.25, -0.2) is 0 Å². The molecule has 16 heavy (non-hydrogen) atoms. The second kappa shape index (κ2) is 8.56. The molecule has 98 valence electrons. The lowest BCUT2D eigenvalue weighted by Gasteiger charge is -2.14. The second-order valence-electron chi connectivity index (χ2n) is 3.92. The van der Waals surface area contributed by atoms with E-state index in [-0.39, 0.29) is 0 Å². The van der Waals surface area contributed by atoms with Gasteiger partial charge in [-0.05, 0) is 20.0 Å². The zero-order chi connectivity index (χ0) is 12.6. The van der Waals surface area contributed by atoms with E-state index in [1.54, 1.807) is 0 Å². The predicted molar refractivity (Wildman–Crippen MR) is 48.6 cm³/mol. The Hall–Kier alpha value is 0.490. The molecule has 0 aliphatic carbocycles. The first-order valence-corrected chi connectivity index (χ1v) is 8.88. The molecule has 0 atom stereocenters. The lowest BCUT2D eigenvalue weighted by molar-refractivity contribution is -2.00. The summed E-state index contributed by atoms with van der Waals surface area (Å²) in [6.45, 7) is 7.28. The van der Waals surface area contributed by atoms with Crippen molar-refractivity contribution < 1.29 is 33.8 Å². The van der Waals surface area contributed by atoms with Crippen molar-refractivity contribution in [1.29, 1.82) is 0 Å². The number of hydrogen-bond acceptors (Lipinski definition) is 6. The monoisotopic (exact) mass is 347 g/mol. The summed E-state index contributed by atoms with van der Waals surface area (Å²) in [5, 5.41) is 0. The van der Waals surface area contributed by atoms with Gasteiger partial charge >= 0.3 is 0 Å². The summed E-state index contributed by atoms with van der Waals surface area (Å²) in [7, 11) is 2.19. The smallest absolute Gasteiger partial charge is 0.144 e. The highest BCUT2D eigenvalue weighted by Crippen LogP contribution is 2.04. The van der Waals surface area contributed by atoms with Crippen LogP contribution in [0.4, 0.5) is 0 Å². The lowest BCUT2D eigenvalue weighted by Crippen LogP contribution is -4.29. The van der Waals surface area contributed by atoms with Crippen molar-refractivity contribution in [1.82, 2.24) is 9.80 Å². The van der Waals surface area contributed by atoms with Gasteiger partial charge in [-0.3, -0.25) is 23.5 Å². The Morgan fingerprint density at radius 1 is 1.06 bits per heavy atom. The third-order valence-electron chi connectivity index (χ3n) is 2.32. The summed E-state index contributed by atoms with van der Waals surface area (Å²) in [6.07, 6.45) is 4.11. The Kier molecular flexibility index (Phi) is 8.82. The van der Waals surface area contributed by atoms with Crippen LogP contribution in [0.15, 0.2) is 0 Å². The molecule has 1 aliphatic heterocycles. The predicted octanol–water partition coefficient (Wildman–Crippen LogP) is -6.37. The number of hydrogen-bond donors (Lipinski definition) is 0. The van der Waals surface area contributed by atoms with Gasteiger partial charge in [-0.2, -0.15) is 0 Å². The fourth-order valence-electron chi connectivity index (χ4n) is 1.56. The van der Waals surface area contributed by atoms with Crippen molar-refractivity contribution in [3.63, 3.8) is 0 Å². The van der Waals surface area contributed by atoms with Gasteiger partial charge in [0.1, 0.15) is 20.1 Å². The molecule has 6 nitrogen and oxygen atoms in total. The summed E-state index contributed by atoms with van der Waals surface area (Å²) >= 11 is -5.94. The van der Waals surface area contributed by atoms with Crippen LogP contribution in [0.5, 0.6) is 0 Å². The maximum Gasteiger partial charge on any atom is 0.144 e. The van der Waals surface area contributed by atoms with Crippen molar-refractivity contribution in [2.24, 2.45) is 0 Å². The minimum Gasteiger partial charge on any atom is -0.292 e. The van der Waals surface area contributed by atoms with E-state index in [4.69, 9.17) is 13.7 Å². The van der Waals surface area contributed by atoms with Crippen LogP contribution in [0.25, 0.3) is 0 Å². The zero-order valence-electron chi connectivity index (χ0n) is 9.86. The Morgan fingerprint density at radius 2 is 1.62 bits per heavy atom. The third-order valence-corrected chi connectivity index (χ3v) is 2.32. The van der Waals surface area contributed by atoms with Crippen LogP contribution in [0.3, 0.4) is 0 Å². The fourth-order valence-corrected chi connectivity index (χ4v) is 1.56. The number of nitrogens with zero attached hydrogens (tertiary/aromatic N) is 2. The first kappa shape index (κ1) is 16.5. The van der Waals surface area contributed by atoms with Crippen LogP contribution in [-0.2, 0) is 0 Å². The van der Waals surface area contributed by atoms with Gasteiger partial charge in [0.15, 0.2) is 0 Å². The molecule has 0 unspecified atom stereocenters. The molecule has 0 radical (unpaired) electrons. The van der Waals surface area contributed by atoms with Crippen LogP contribution < -0.4 is 33.8 Å². The number of rotatable bonds is 4. The van der Waals surface area contributed by atoms with Gasteiger partial charge < -0.3 is 0 Å². The number of unbranched alkanes of at least 4 members (excludes halogenated alkanes) is 2. The highest BCUT2D eigenvalue weighted by Gasteiger charge is 2.14. The molecule has 0 aromatic rings. The molecule has 1 aliphatic rings. The van der Waals surface area contributed by atoms with E-state index in [0.29, 0.717) is 0 Å². The molecule has 0 N–H and O–H groups in total. The Bertz CT molecular complexity index is 171. The van der Waals surface area contributed by atoms with Crippen molar-refractivity contribution in [2.45, 2.75) is 26.2 Å². The van der Waals surface area contributed by atoms with Gasteiger partial charge in [0.2, 0.25) is 0 Å². The normalized spacial score (nSPS) is 18.4. The standard InChI is InChI=1S/C9H20N2.IO4/c1-3-4-5-6-11-8-7-10(2)9-11;2-1(3,4)5/h3-9H2,1-2H3;/q;-1. The van der Waals surface area contributed by atoms with Crippen LogP contribution >= 0.6 is 0 Å². The van der Waals surface area contributed by atoms with Crippen LogP contribution in [0.2, 0.25) is 0 Å². The highest BCUT2D eigenvalue weighted by atomic mass is 127. The van der Waals surface area contributed by atoms with E-state index in [9.17, 15) is 0 Å². The third kappa shape index (κ3) is 12.6. The number of likely N-dealkylation sites (N-methyl/N-ethyl adjacent to an activating group) is 1. The molecule has 7 heteroatoms. The average Bonchev–Trinajstić information content (AvgIpc) is 2.49. The van der Waals surface area contributed by atoms with Crippen molar-refractivity contribution in [3.8, 4) is 0 Å². The average molecular weight is 347 g/mol. The molecular formula is C9H20IN2O4-. The molecule has 1 heterocycles. The first-order chi connectivity index (χ1) is 7.33. The maximum atomic E-state index is 8.62. The molecule has 1 saturated heterocycles. The van der Waals surface area contributed by atoms with Crippen molar-refractivity contribution in [3.05, 3.63) is 0 Å². The van der Waals surface area contributed by atoms with Crippen LogP contribution in [0, 0.1) is 0 Å². The van der Waals surface area contributed by atoms with Gasteiger partial charge in [0.25, 0.3) is 0 Å². The SMILES string of the molecule is CCCCCN1CCN(C)C1.[O-][I+3]([O-])([O-])[O-]. The van der Waals surface area contributed by atoms with Gasteiger partial charge in [-0.1, -0.05) is 19.8 Å². The summed E-state index contributed by atoms with van der Waals surface area (Å²) < 4.78 is 34.5. The number of halogens is 1. The summed E-state index contributed by atoms with van der Waals surface area (Å²) in [6, 6.07) is 0. The van der Waals surface area contributed by atoms with Gasteiger partial charge in [0, 0.05) is 13.1 Å². The molecule has 1 rings (SSSR count). The molecule has 0 aromatic carbocycles. The minimum absolute atomic E-state index is 1.18. The van der Waals surface area contributed by atoms with E-state index >= 15 is 0 Å². The summed E-state index contributed by atoms with van der Waals surface area (Å²) in [5.74, 6) is 0. The van der Waals surface area contributed by atoms with Crippen LogP contribution in [0.1, 0.15) is 26.2 Å². The highest BCUT2D eigenvalue weighted by molar-refractivity contribution is 4.67. The quantitative estimate of drug-likeness (QED) is 0.371. The topological polar surface area (TPSA) is 98.7 Å².